The van der Waals surface area contributed by atoms with Gasteiger partial charge in [-0.25, -0.2) is 0 Å². The Labute approximate surface area is 114 Å². The van der Waals surface area contributed by atoms with Crippen molar-refractivity contribution >= 4 is 11.4 Å². The van der Waals surface area contributed by atoms with E-state index in [4.69, 9.17) is 10.5 Å². The fourth-order valence-electron chi connectivity index (χ4n) is 2.05. The van der Waals surface area contributed by atoms with E-state index in [9.17, 15) is 0 Å². The van der Waals surface area contributed by atoms with E-state index in [1.807, 2.05) is 31.2 Å². The molecule has 2 rings (SSSR count). The standard InChI is InChI=1S/C16H20N2O/c1-12-9-13(7-8-16(12)17)11-18(2)14-5-4-6-15(10-14)19-3/h4-10H,11,17H2,1-3H3. The Kier molecular flexibility index (Phi) is 3.95. The molecule has 3 nitrogen and oxygen atoms in total. The quantitative estimate of drug-likeness (QED) is 0.854. The van der Waals surface area contributed by atoms with Crippen molar-refractivity contribution < 1.29 is 4.74 Å². The largest absolute Gasteiger partial charge is 0.497 e. The molecule has 100 valence electrons. The van der Waals surface area contributed by atoms with E-state index in [0.717, 1.165) is 29.2 Å². The molecule has 0 fully saturated rings. The molecular formula is C16H20N2O. The number of hydrogen-bond acceptors (Lipinski definition) is 3. The van der Waals surface area contributed by atoms with Crippen LogP contribution in [0.3, 0.4) is 0 Å². The zero-order valence-electron chi connectivity index (χ0n) is 11.7. The van der Waals surface area contributed by atoms with Gasteiger partial charge in [0.05, 0.1) is 7.11 Å². The zero-order chi connectivity index (χ0) is 13.8. The second kappa shape index (κ2) is 5.65. The summed E-state index contributed by atoms with van der Waals surface area (Å²) in [5.41, 5.74) is 10.2. The van der Waals surface area contributed by atoms with Crippen LogP contribution in [-0.4, -0.2) is 14.2 Å². The number of methoxy groups -OCH3 is 1. The predicted octanol–water partition coefficient (Wildman–Crippen LogP) is 3.22. The molecule has 0 aliphatic heterocycles. The SMILES string of the molecule is COc1cccc(N(C)Cc2ccc(N)c(C)c2)c1. The molecule has 0 heterocycles. The Bertz CT molecular complexity index is 566. The van der Waals surface area contributed by atoms with Crippen molar-refractivity contribution in [3.63, 3.8) is 0 Å². The number of rotatable bonds is 4. The van der Waals surface area contributed by atoms with Crippen LogP contribution in [0.5, 0.6) is 5.75 Å². The summed E-state index contributed by atoms with van der Waals surface area (Å²) >= 11 is 0. The van der Waals surface area contributed by atoms with Crippen molar-refractivity contribution in [1.29, 1.82) is 0 Å². The smallest absolute Gasteiger partial charge is 0.120 e. The fourth-order valence-corrected chi connectivity index (χ4v) is 2.05. The minimum Gasteiger partial charge on any atom is -0.497 e. The predicted molar refractivity (Wildman–Crippen MR) is 80.7 cm³/mol. The Hall–Kier alpha value is -2.16. The first kappa shape index (κ1) is 13.3. The van der Waals surface area contributed by atoms with Crippen LogP contribution in [0, 0.1) is 6.92 Å². The molecule has 0 unspecified atom stereocenters. The van der Waals surface area contributed by atoms with Gasteiger partial charge in [0, 0.05) is 31.0 Å². The molecule has 3 heteroatoms. The Morgan fingerprint density at radius 2 is 1.95 bits per heavy atom. The van der Waals surface area contributed by atoms with E-state index in [1.165, 1.54) is 5.56 Å². The highest BCUT2D eigenvalue weighted by atomic mass is 16.5. The van der Waals surface area contributed by atoms with Crippen LogP contribution in [0.4, 0.5) is 11.4 Å². The molecule has 2 aromatic rings. The van der Waals surface area contributed by atoms with Crippen LogP contribution in [0.1, 0.15) is 11.1 Å². The molecule has 2 aromatic carbocycles. The summed E-state index contributed by atoms with van der Waals surface area (Å²) in [4.78, 5) is 2.19. The fraction of sp³-hybridized carbons (Fsp3) is 0.250. The number of nitrogen functional groups attached to an aromatic ring is 1. The lowest BCUT2D eigenvalue weighted by Gasteiger charge is -2.20. The van der Waals surface area contributed by atoms with Crippen molar-refractivity contribution in [2.24, 2.45) is 0 Å². The molecule has 0 amide bonds. The van der Waals surface area contributed by atoms with Crippen molar-refractivity contribution in [1.82, 2.24) is 0 Å². The van der Waals surface area contributed by atoms with Crippen LogP contribution < -0.4 is 15.4 Å². The first-order valence-corrected chi connectivity index (χ1v) is 6.30. The van der Waals surface area contributed by atoms with E-state index in [1.54, 1.807) is 7.11 Å². The van der Waals surface area contributed by atoms with Gasteiger partial charge in [-0.3, -0.25) is 0 Å². The van der Waals surface area contributed by atoms with E-state index in [2.05, 4.69) is 30.1 Å². The highest BCUT2D eigenvalue weighted by molar-refractivity contribution is 5.52. The third-order valence-corrected chi connectivity index (χ3v) is 3.25. The third-order valence-electron chi connectivity index (χ3n) is 3.25. The number of benzene rings is 2. The molecule has 0 bridgehead atoms. The van der Waals surface area contributed by atoms with Gasteiger partial charge in [-0.1, -0.05) is 18.2 Å². The molecule has 19 heavy (non-hydrogen) atoms. The Morgan fingerprint density at radius 1 is 1.16 bits per heavy atom. The summed E-state index contributed by atoms with van der Waals surface area (Å²) in [6.07, 6.45) is 0. The van der Waals surface area contributed by atoms with E-state index in [-0.39, 0.29) is 0 Å². The van der Waals surface area contributed by atoms with E-state index < -0.39 is 0 Å². The van der Waals surface area contributed by atoms with Crippen molar-refractivity contribution in [2.45, 2.75) is 13.5 Å². The van der Waals surface area contributed by atoms with E-state index >= 15 is 0 Å². The zero-order valence-corrected chi connectivity index (χ0v) is 11.7. The highest BCUT2D eigenvalue weighted by Gasteiger charge is 2.04. The highest BCUT2D eigenvalue weighted by Crippen LogP contribution is 2.22. The number of aryl methyl sites for hydroxylation is 1. The first-order chi connectivity index (χ1) is 9.10. The van der Waals surface area contributed by atoms with Crippen molar-refractivity contribution in [3.8, 4) is 5.75 Å². The summed E-state index contributed by atoms with van der Waals surface area (Å²) in [7, 11) is 3.75. The van der Waals surface area contributed by atoms with Crippen LogP contribution in [0.15, 0.2) is 42.5 Å². The maximum atomic E-state index is 5.84. The topological polar surface area (TPSA) is 38.5 Å². The van der Waals surface area contributed by atoms with Crippen molar-refractivity contribution in [2.75, 3.05) is 24.8 Å². The Balaban J connectivity index is 2.15. The molecule has 0 saturated heterocycles. The normalized spacial score (nSPS) is 10.3. The molecule has 0 atom stereocenters. The molecule has 0 spiro atoms. The second-order valence-corrected chi connectivity index (χ2v) is 4.75. The van der Waals surface area contributed by atoms with Gasteiger partial charge in [0.1, 0.15) is 5.75 Å². The summed E-state index contributed by atoms with van der Waals surface area (Å²) < 4.78 is 5.25. The average molecular weight is 256 g/mol. The van der Waals surface area contributed by atoms with Crippen LogP contribution in [-0.2, 0) is 6.54 Å². The van der Waals surface area contributed by atoms with Crippen molar-refractivity contribution in [3.05, 3.63) is 53.6 Å². The summed E-state index contributed by atoms with van der Waals surface area (Å²) in [5.74, 6) is 0.873. The minimum atomic E-state index is 0.841. The maximum absolute atomic E-state index is 5.84. The maximum Gasteiger partial charge on any atom is 0.120 e. The lowest BCUT2D eigenvalue weighted by atomic mass is 10.1. The molecule has 2 N–H and O–H groups in total. The molecule has 0 radical (unpaired) electrons. The molecule has 0 aliphatic carbocycles. The summed E-state index contributed by atoms with van der Waals surface area (Å²) in [6, 6.07) is 14.2. The van der Waals surface area contributed by atoms with Crippen LogP contribution in [0.2, 0.25) is 0 Å². The summed E-state index contributed by atoms with van der Waals surface area (Å²) in [5, 5.41) is 0. The van der Waals surface area contributed by atoms with Gasteiger partial charge in [-0.2, -0.15) is 0 Å². The number of anilines is 2. The molecule has 0 saturated carbocycles. The molecular weight excluding hydrogens is 236 g/mol. The van der Waals surface area contributed by atoms with E-state index in [0.29, 0.717) is 0 Å². The first-order valence-electron chi connectivity index (χ1n) is 6.30. The van der Waals surface area contributed by atoms with Gasteiger partial charge in [0.2, 0.25) is 0 Å². The van der Waals surface area contributed by atoms with Gasteiger partial charge in [-0.15, -0.1) is 0 Å². The summed E-state index contributed by atoms with van der Waals surface area (Å²) in [6.45, 7) is 2.87. The number of ether oxygens (including phenoxy) is 1. The van der Waals surface area contributed by atoms with Gasteiger partial charge < -0.3 is 15.4 Å². The number of nitrogens with zero attached hydrogens (tertiary/aromatic N) is 1. The van der Waals surface area contributed by atoms with Gasteiger partial charge >= 0.3 is 0 Å². The van der Waals surface area contributed by atoms with Crippen LogP contribution in [0.25, 0.3) is 0 Å². The second-order valence-electron chi connectivity index (χ2n) is 4.75. The average Bonchev–Trinajstić information content (AvgIpc) is 2.43. The number of nitrogens with two attached hydrogens (primary N) is 1. The van der Waals surface area contributed by atoms with Gasteiger partial charge in [-0.05, 0) is 36.2 Å². The number of hydrogen-bond donors (Lipinski definition) is 1. The molecule has 0 aromatic heterocycles. The third kappa shape index (κ3) is 3.19. The van der Waals surface area contributed by atoms with Gasteiger partial charge in [0.15, 0.2) is 0 Å². The van der Waals surface area contributed by atoms with Crippen LogP contribution >= 0.6 is 0 Å². The lowest BCUT2D eigenvalue weighted by Crippen LogP contribution is -2.16. The monoisotopic (exact) mass is 256 g/mol. The molecule has 0 aliphatic rings. The lowest BCUT2D eigenvalue weighted by molar-refractivity contribution is 0.415. The Morgan fingerprint density at radius 3 is 2.63 bits per heavy atom. The minimum absolute atomic E-state index is 0.841. The van der Waals surface area contributed by atoms with Gasteiger partial charge in [0.25, 0.3) is 0 Å².